The Morgan fingerprint density at radius 1 is 1.57 bits per heavy atom. The van der Waals surface area contributed by atoms with E-state index in [1.165, 1.54) is 25.7 Å². The highest BCUT2D eigenvalue weighted by molar-refractivity contribution is 5.94. The number of hydrogen-bond acceptors (Lipinski definition) is 3. The van der Waals surface area contributed by atoms with Crippen molar-refractivity contribution >= 4 is 12.2 Å². The molecule has 1 spiro atoms. The van der Waals surface area contributed by atoms with Crippen molar-refractivity contribution in [1.82, 2.24) is 15.1 Å². The van der Waals surface area contributed by atoms with Crippen LogP contribution in [0.1, 0.15) is 55.9 Å². The molecule has 1 heterocycles. The van der Waals surface area contributed by atoms with Crippen LogP contribution in [0.5, 0.6) is 0 Å². The Balaban J connectivity index is 1.66. The zero-order chi connectivity index (χ0) is 14.9. The fraction of sp³-hybridized carbons (Fsp3) is 0.688. The van der Waals surface area contributed by atoms with Crippen molar-refractivity contribution in [3.05, 3.63) is 18.0 Å². The molecule has 2 aliphatic rings. The van der Waals surface area contributed by atoms with Gasteiger partial charge in [-0.05, 0) is 56.4 Å². The van der Waals surface area contributed by atoms with Crippen molar-refractivity contribution in [2.45, 2.75) is 58.0 Å². The summed E-state index contributed by atoms with van der Waals surface area (Å²) in [5, 5.41) is 7.01. The summed E-state index contributed by atoms with van der Waals surface area (Å²) in [5.74, 6) is 0.0996. The molecule has 5 nitrogen and oxygen atoms in total. The lowest BCUT2D eigenvalue weighted by atomic mass is 9.76. The number of aromatic nitrogens is 2. The van der Waals surface area contributed by atoms with Crippen molar-refractivity contribution in [2.24, 2.45) is 11.3 Å². The minimum atomic E-state index is -0.365. The van der Waals surface area contributed by atoms with Crippen molar-refractivity contribution in [2.75, 3.05) is 0 Å². The number of amides is 1. The van der Waals surface area contributed by atoms with Gasteiger partial charge in [-0.2, -0.15) is 5.10 Å². The van der Waals surface area contributed by atoms with Gasteiger partial charge in [-0.25, -0.2) is 0 Å². The molecule has 2 unspecified atom stereocenters. The maximum atomic E-state index is 12.3. The van der Waals surface area contributed by atoms with E-state index in [-0.39, 0.29) is 11.9 Å². The Morgan fingerprint density at radius 3 is 3.05 bits per heavy atom. The summed E-state index contributed by atoms with van der Waals surface area (Å²) in [4.78, 5) is 23.8. The summed E-state index contributed by atoms with van der Waals surface area (Å²) in [6.45, 7) is 2.59. The van der Waals surface area contributed by atoms with Gasteiger partial charge in [0.1, 0.15) is 12.0 Å². The van der Waals surface area contributed by atoms with E-state index in [9.17, 15) is 9.59 Å². The fourth-order valence-corrected chi connectivity index (χ4v) is 3.70. The molecule has 1 N–H and O–H groups in total. The SMILES string of the molecule is CCn1nccc1C(=O)NC(C=O)C1CCCC2(CC2)C1. The average molecular weight is 289 g/mol. The molecule has 21 heavy (non-hydrogen) atoms. The standard InChI is InChI=1S/C16H23N3O2/c1-2-19-14(5-9-17-19)15(21)18-13(11-20)12-4-3-6-16(10-12)7-8-16/h5,9,11-13H,2-4,6-8,10H2,1H3,(H,18,21). The highest BCUT2D eigenvalue weighted by Gasteiger charge is 2.47. The molecule has 5 heteroatoms. The van der Waals surface area contributed by atoms with Crippen LogP contribution < -0.4 is 5.32 Å². The first kappa shape index (κ1) is 14.3. The smallest absolute Gasteiger partial charge is 0.270 e. The minimum Gasteiger partial charge on any atom is -0.341 e. The maximum absolute atomic E-state index is 12.3. The Labute approximate surface area is 125 Å². The van der Waals surface area contributed by atoms with Gasteiger partial charge in [0.05, 0.1) is 6.04 Å². The summed E-state index contributed by atoms with van der Waals surface area (Å²) in [5.41, 5.74) is 1.03. The summed E-state index contributed by atoms with van der Waals surface area (Å²) in [7, 11) is 0. The first-order chi connectivity index (χ1) is 10.2. The number of nitrogens with zero attached hydrogens (tertiary/aromatic N) is 2. The van der Waals surface area contributed by atoms with Gasteiger partial charge < -0.3 is 10.1 Å². The van der Waals surface area contributed by atoms with E-state index in [2.05, 4.69) is 10.4 Å². The van der Waals surface area contributed by atoms with Gasteiger partial charge in [0, 0.05) is 12.7 Å². The Hall–Kier alpha value is -1.65. The molecular weight excluding hydrogens is 266 g/mol. The third-order valence-electron chi connectivity index (χ3n) is 5.14. The molecule has 2 saturated carbocycles. The van der Waals surface area contributed by atoms with Crippen LogP contribution in [0, 0.1) is 11.3 Å². The monoisotopic (exact) mass is 289 g/mol. The predicted molar refractivity (Wildman–Crippen MR) is 78.8 cm³/mol. The normalized spacial score (nSPS) is 24.5. The van der Waals surface area contributed by atoms with Crippen LogP contribution in [0.2, 0.25) is 0 Å². The van der Waals surface area contributed by atoms with Crippen LogP contribution in [0.4, 0.5) is 0 Å². The molecule has 1 aromatic heterocycles. The van der Waals surface area contributed by atoms with Gasteiger partial charge in [0.2, 0.25) is 0 Å². The van der Waals surface area contributed by atoms with Crippen LogP contribution in [0.15, 0.2) is 12.3 Å². The molecule has 0 aromatic carbocycles. The Kier molecular flexibility index (Phi) is 3.83. The highest BCUT2D eigenvalue weighted by Crippen LogP contribution is 2.57. The summed E-state index contributed by atoms with van der Waals surface area (Å²) >= 11 is 0. The molecule has 1 amide bonds. The van der Waals surface area contributed by atoms with Crippen LogP contribution in [-0.4, -0.2) is 28.0 Å². The summed E-state index contributed by atoms with van der Waals surface area (Å²) in [6, 6.07) is 1.33. The van der Waals surface area contributed by atoms with Gasteiger partial charge in [-0.3, -0.25) is 9.48 Å². The predicted octanol–water partition coefficient (Wildman–Crippen LogP) is 2.17. The largest absolute Gasteiger partial charge is 0.341 e. The minimum absolute atomic E-state index is 0.193. The van der Waals surface area contributed by atoms with Gasteiger partial charge in [0.25, 0.3) is 5.91 Å². The fourth-order valence-electron chi connectivity index (χ4n) is 3.70. The van der Waals surface area contributed by atoms with Crippen LogP contribution in [-0.2, 0) is 11.3 Å². The lowest BCUT2D eigenvalue weighted by molar-refractivity contribution is -0.111. The quantitative estimate of drug-likeness (QED) is 0.845. The number of rotatable bonds is 5. The third kappa shape index (κ3) is 2.87. The van der Waals surface area contributed by atoms with E-state index < -0.39 is 0 Å². The zero-order valence-corrected chi connectivity index (χ0v) is 12.5. The molecule has 3 rings (SSSR count). The number of carbonyl (C=O) groups is 2. The molecule has 0 radical (unpaired) electrons. The molecule has 0 aliphatic heterocycles. The molecular formula is C16H23N3O2. The van der Waals surface area contributed by atoms with E-state index in [4.69, 9.17) is 0 Å². The van der Waals surface area contributed by atoms with Gasteiger partial charge >= 0.3 is 0 Å². The van der Waals surface area contributed by atoms with Crippen LogP contribution >= 0.6 is 0 Å². The van der Waals surface area contributed by atoms with Crippen molar-refractivity contribution in [1.29, 1.82) is 0 Å². The van der Waals surface area contributed by atoms with Crippen molar-refractivity contribution in [3.63, 3.8) is 0 Å². The number of hydrogen-bond donors (Lipinski definition) is 1. The van der Waals surface area contributed by atoms with Crippen LogP contribution in [0.25, 0.3) is 0 Å². The molecule has 2 aliphatic carbocycles. The van der Waals surface area contributed by atoms with Gasteiger partial charge in [-0.15, -0.1) is 0 Å². The second-order valence-corrected chi connectivity index (χ2v) is 6.52. The van der Waals surface area contributed by atoms with Crippen molar-refractivity contribution in [3.8, 4) is 0 Å². The third-order valence-corrected chi connectivity index (χ3v) is 5.14. The Bertz CT molecular complexity index is 533. The molecule has 114 valence electrons. The van der Waals surface area contributed by atoms with Gasteiger partial charge in [-0.1, -0.05) is 6.42 Å². The van der Waals surface area contributed by atoms with E-state index in [1.54, 1.807) is 16.9 Å². The van der Waals surface area contributed by atoms with Crippen molar-refractivity contribution < 1.29 is 9.59 Å². The van der Waals surface area contributed by atoms with E-state index in [0.717, 1.165) is 19.1 Å². The lowest BCUT2D eigenvalue weighted by Crippen LogP contribution is -2.44. The molecule has 2 fully saturated rings. The molecule has 0 saturated heterocycles. The number of nitrogens with one attached hydrogen (secondary N) is 1. The highest BCUT2D eigenvalue weighted by atomic mass is 16.2. The molecule has 0 bridgehead atoms. The average Bonchev–Trinajstić information content (AvgIpc) is 3.06. The first-order valence-corrected chi connectivity index (χ1v) is 7.95. The molecule has 2 atom stereocenters. The second kappa shape index (κ2) is 5.62. The number of aryl methyl sites for hydroxylation is 1. The molecule has 1 aromatic rings. The van der Waals surface area contributed by atoms with Crippen LogP contribution in [0.3, 0.4) is 0 Å². The lowest BCUT2D eigenvalue weighted by Gasteiger charge is -2.32. The van der Waals surface area contributed by atoms with E-state index in [1.807, 2.05) is 6.92 Å². The second-order valence-electron chi connectivity index (χ2n) is 6.52. The first-order valence-electron chi connectivity index (χ1n) is 7.95. The number of carbonyl (C=O) groups excluding carboxylic acids is 2. The topological polar surface area (TPSA) is 64.0 Å². The summed E-state index contributed by atoms with van der Waals surface area (Å²) in [6.07, 6.45) is 9.73. The van der Waals surface area contributed by atoms with Gasteiger partial charge in [0.15, 0.2) is 0 Å². The maximum Gasteiger partial charge on any atom is 0.270 e. The van der Waals surface area contributed by atoms with E-state index in [0.29, 0.717) is 23.6 Å². The zero-order valence-electron chi connectivity index (χ0n) is 12.5. The Morgan fingerprint density at radius 2 is 2.38 bits per heavy atom. The van der Waals surface area contributed by atoms with E-state index >= 15 is 0 Å². The summed E-state index contributed by atoms with van der Waals surface area (Å²) < 4.78 is 1.65. The number of aldehydes is 1.